The number of aliphatic carboxylic acids is 1. The van der Waals surface area contributed by atoms with Gasteiger partial charge < -0.3 is 20.6 Å². The second kappa shape index (κ2) is 11.3. The van der Waals surface area contributed by atoms with Crippen LogP contribution in [0, 0.1) is 11.8 Å². The molecule has 29 heavy (non-hydrogen) atoms. The number of carboxylic acids is 1. The lowest BCUT2D eigenvalue weighted by Crippen LogP contribution is -2.56. The van der Waals surface area contributed by atoms with Crippen molar-refractivity contribution in [2.45, 2.75) is 82.9 Å². The number of aliphatic hydroxyl groups is 2. The van der Waals surface area contributed by atoms with Crippen LogP contribution in [-0.4, -0.2) is 45.6 Å². The van der Waals surface area contributed by atoms with Crippen LogP contribution in [0.2, 0.25) is 0 Å². The molecule has 1 aliphatic carbocycles. The van der Waals surface area contributed by atoms with Gasteiger partial charge in [0.2, 0.25) is 0 Å². The first kappa shape index (κ1) is 24.1. The fourth-order valence-electron chi connectivity index (χ4n) is 5.01. The summed E-state index contributed by atoms with van der Waals surface area (Å²) in [5.41, 5.74) is 0.514. The van der Waals surface area contributed by atoms with E-state index in [0.717, 1.165) is 38.5 Å². The van der Waals surface area contributed by atoms with Crippen LogP contribution in [-0.2, 0) is 4.79 Å². The van der Waals surface area contributed by atoms with Gasteiger partial charge in [-0.05, 0) is 56.9 Å². The predicted molar refractivity (Wildman–Crippen MR) is 117 cm³/mol. The summed E-state index contributed by atoms with van der Waals surface area (Å²) in [5.74, 6) is -0.0327. The maximum atomic E-state index is 11.1. The molecule has 0 amide bonds. The highest BCUT2D eigenvalue weighted by molar-refractivity contribution is 6.29. The summed E-state index contributed by atoms with van der Waals surface area (Å²) in [4.78, 5) is 11.1. The third kappa shape index (κ3) is 6.95. The monoisotopic (exact) mass is 425 g/mol. The average molecular weight is 426 g/mol. The molecule has 2 fully saturated rings. The van der Waals surface area contributed by atoms with Crippen LogP contribution >= 0.6 is 11.6 Å². The summed E-state index contributed by atoms with van der Waals surface area (Å²) in [6.45, 7) is 3.83. The molecule has 5 atom stereocenters. The number of nitrogens with one attached hydrogen (secondary N) is 1. The van der Waals surface area contributed by atoms with Gasteiger partial charge in [-0.2, -0.15) is 0 Å². The van der Waals surface area contributed by atoms with Gasteiger partial charge in [-0.15, -0.1) is 0 Å². The van der Waals surface area contributed by atoms with Gasteiger partial charge in [-0.25, -0.2) is 4.79 Å². The molecule has 5 nitrogen and oxygen atoms in total. The van der Waals surface area contributed by atoms with E-state index in [2.05, 4.69) is 18.3 Å². The predicted octanol–water partition coefficient (Wildman–Crippen LogP) is 4.15. The lowest BCUT2D eigenvalue weighted by molar-refractivity contribution is -0.132. The zero-order valence-electron chi connectivity index (χ0n) is 17.6. The molecule has 6 heteroatoms. The molecule has 2 aliphatic rings. The SMILES string of the molecule is C/C(=C\C[C@H]1CCC[C@]2(CCCC2[C@@H](C)/C=C/C(O)/C=C(\Cl)CCO)N1)C(=O)O. The standard InChI is InChI=1S/C23H36ClNO4/c1-16(8-10-20(27)15-18(24)11-14-26)21-6-4-13-23(21)12-3-5-19(25-23)9-7-17(2)22(28)29/h7-8,10,15-16,19-21,25-27H,3-6,9,11-14H2,1-2H3,(H,28,29)/b10-8+,17-7+,18-15-/t16-,19+,20?,21?,23+/m0/s1. The Morgan fingerprint density at radius 3 is 2.62 bits per heavy atom. The van der Waals surface area contributed by atoms with E-state index in [1.54, 1.807) is 19.1 Å². The van der Waals surface area contributed by atoms with Gasteiger partial charge in [0.1, 0.15) is 0 Å². The Kier molecular flexibility index (Phi) is 9.41. The van der Waals surface area contributed by atoms with Crippen LogP contribution in [0.3, 0.4) is 0 Å². The third-order valence-electron chi connectivity index (χ3n) is 6.51. The van der Waals surface area contributed by atoms with Crippen molar-refractivity contribution in [1.29, 1.82) is 0 Å². The molecule has 164 valence electrons. The van der Waals surface area contributed by atoms with Crippen LogP contribution in [0.15, 0.2) is 34.9 Å². The summed E-state index contributed by atoms with van der Waals surface area (Å²) >= 11 is 5.98. The van der Waals surface area contributed by atoms with Crippen molar-refractivity contribution >= 4 is 17.6 Å². The normalized spacial score (nSPS) is 30.8. The molecule has 1 spiro atoms. The van der Waals surface area contributed by atoms with Gasteiger partial charge >= 0.3 is 5.97 Å². The van der Waals surface area contributed by atoms with Crippen molar-refractivity contribution in [3.05, 3.63) is 34.9 Å². The van der Waals surface area contributed by atoms with Gasteiger partial charge in [-0.3, -0.25) is 0 Å². The summed E-state index contributed by atoms with van der Waals surface area (Å²) in [6, 6.07) is 0.320. The molecule has 1 heterocycles. The fraction of sp³-hybridized carbons (Fsp3) is 0.696. The van der Waals surface area contributed by atoms with Crippen LogP contribution < -0.4 is 5.32 Å². The average Bonchev–Trinajstić information content (AvgIpc) is 3.06. The number of carboxylic acid groups (broad SMARTS) is 1. The van der Waals surface area contributed by atoms with Gasteiger partial charge in [0, 0.05) is 35.2 Å². The molecule has 0 aromatic carbocycles. The molecule has 1 aliphatic heterocycles. The minimum Gasteiger partial charge on any atom is -0.478 e. The smallest absolute Gasteiger partial charge is 0.330 e. The van der Waals surface area contributed by atoms with E-state index in [9.17, 15) is 9.90 Å². The Morgan fingerprint density at radius 2 is 1.97 bits per heavy atom. The molecule has 1 saturated carbocycles. The van der Waals surface area contributed by atoms with E-state index in [4.69, 9.17) is 21.8 Å². The first-order valence-corrected chi connectivity index (χ1v) is 11.2. The van der Waals surface area contributed by atoms with Crippen molar-refractivity contribution < 1.29 is 20.1 Å². The maximum Gasteiger partial charge on any atom is 0.330 e. The van der Waals surface area contributed by atoms with E-state index < -0.39 is 12.1 Å². The highest BCUT2D eigenvalue weighted by Gasteiger charge is 2.46. The van der Waals surface area contributed by atoms with Crippen LogP contribution in [0.4, 0.5) is 0 Å². The molecule has 0 aromatic rings. The van der Waals surface area contributed by atoms with Gasteiger partial charge in [0.05, 0.1) is 6.10 Å². The number of rotatable bonds is 9. The maximum absolute atomic E-state index is 11.1. The molecule has 2 unspecified atom stereocenters. The molecule has 0 radical (unpaired) electrons. The Labute approximate surface area is 179 Å². The molecule has 0 bridgehead atoms. The quantitative estimate of drug-likeness (QED) is 0.329. The minimum atomic E-state index is -0.847. The van der Waals surface area contributed by atoms with Crippen LogP contribution in [0.25, 0.3) is 0 Å². The fourth-order valence-corrected chi connectivity index (χ4v) is 5.22. The first-order chi connectivity index (χ1) is 13.8. The van der Waals surface area contributed by atoms with Crippen LogP contribution in [0.1, 0.15) is 65.2 Å². The molecular weight excluding hydrogens is 390 g/mol. The van der Waals surface area contributed by atoms with Crippen molar-refractivity contribution in [2.75, 3.05) is 6.61 Å². The van der Waals surface area contributed by atoms with E-state index in [1.165, 1.54) is 6.42 Å². The number of aliphatic hydroxyl groups excluding tert-OH is 2. The number of carbonyl (C=O) groups is 1. The summed E-state index contributed by atoms with van der Waals surface area (Å²) in [5, 5.41) is 32.5. The Hall–Kier alpha value is -1.14. The van der Waals surface area contributed by atoms with E-state index in [0.29, 0.717) is 34.9 Å². The summed E-state index contributed by atoms with van der Waals surface area (Å²) in [7, 11) is 0. The van der Waals surface area contributed by atoms with Gasteiger partial charge in [-0.1, -0.05) is 49.6 Å². The largest absolute Gasteiger partial charge is 0.478 e. The number of allylic oxidation sites excluding steroid dienone is 1. The minimum absolute atomic E-state index is 0.0270. The molecular formula is C23H36ClNO4. The number of hydrogen-bond donors (Lipinski definition) is 4. The van der Waals surface area contributed by atoms with E-state index in [-0.39, 0.29) is 12.1 Å². The summed E-state index contributed by atoms with van der Waals surface area (Å²) in [6.07, 6.45) is 14.5. The Morgan fingerprint density at radius 1 is 1.28 bits per heavy atom. The van der Waals surface area contributed by atoms with Crippen molar-refractivity contribution in [3.63, 3.8) is 0 Å². The number of piperidine rings is 1. The van der Waals surface area contributed by atoms with Crippen molar-refractivity contribution in [1.82, 2.24) is 5.32 Å². The first-order valence-electron chi connectivity index (χ1n) is 10.8. The molecule has 4 N–H and O–H groups in total. The van der Waals surface area contributed by atoms with Gasteiger partial charge in [0.25, 0.3) is 0 Å². The van der Waals surface area contributed by atoms with E-state index >= 15 is 0 Å². The Balaban J connectivity index is 2.01. The number of halogens is 1. The van der Waals surface area contributed by atoms with Crippen molar-refractivity contribution in [2.24, 2.45) is 11.8 Å². The zero-order valence-corrected chi connectivity index (χ0v) is 18.4. The highest BCUT2D eigenvalue weighted by Crippen LogP contribution is 2.46. The zero-order chi connectivity index (χ0) is 21.4. The third-order valence-corrected chi connectivity index (χ3v) is 6.82. The topological polar surface area (TPSA) is 89.8 Å². The Bertz CT molecular complexity index is 645. The molecule has 1 saturated heterocycles. The van der Waals surface area contributed by atoms with Crippen molar-refractivity contribution in [3.8, 4) is 0 Å². The lowest BCUT2D eigenvalue weighted by atomic mass is 9.72. The van der Waals surface area contributed by atoms with E-state index in [1.807, 2.05) is 6.08 Å². The number of hydrogen-bond acceptors (Lipinski definition) is 4. The second-order valence-corrected chi connectivity index (χ2v) is 9.12. The molecule has 2 rings (SSSR count). The van der Waals surface area contributed by atoms with Gasteiger partial charge in [0.15, 0.2) is 0 Å². The van der Waals surface area contributed by atoms with Crippen LogP contribution in [0.5, 0.6) is 0 Å². The lowest BCUT2D eigenvalue weighted by Gasteiger charge is -2.45. The highest BCUT2D eigenvalue weighted by atomic mass is 35.5. The summed E-state index contributed by atoms with van der Waals surface area (Å²) < 4.78 is 0. The second-order valence-electron chi connectivity index (χ2n) is 8.64. The molecule has 0 aromatic heterocycles.